The summed E-state index contributed by atoms with van der Waals surface area (Å²) >= 11 is 0. The van der Waals surface area contributed by atoms with Crippen LogP contribution in [-0.4, -0.2) is 21.3 Å². The summed E-state index contributed by atoms with van der Waals surface area (Å²) in [5.41, 5.74) is 3.45. The van der Waals surface area contributed by atoms with Gasteiger partial charge in [-0.2, -0.15) is 0 Å². The monoisotopic (exact) mass is 364 g/mol. The molecule has 27 heavy (non-hydrogen) atoms. The molecule has 3 aromatic rings. The Balaban J connectivity index is 2.19. The lowest BCUT2D eigenvalue weighted by molar-refractivity contribution is -0.131. The highest BCUT2D eigenvalue weighted by Crippen LogP contribution is 2.39. The highest BCUT2D eigenvalue weighted by Gasteiger charge is 2.17. The minimum atomic E-state index is -0.807. The van der Waals surface area contributed by atoms with Crippen molar-refractivity contribution in [2.24, 2.45) is 0 Å². The number of aromatic hydroxyl groups is 2. The highest BCUT2D eigenvalue weighted by atomic mass is 16.5. The van der Waals surface area contributed by atoms with E-state index in [2.05, 4.69) is 0 Å². The number of rotatable bonds is 4. The van der Waals surface area contributed by atoms with Crippen molar-refractivity contribution in [2.45, 2.75) is 20.0 Å². The molecule has 0 fully saturated rings. The molecule has 3 N–H and O–H groups in total. The van der Waals surface area contributed by atoms with Gasteiger partial charge in [0, 0.05) is 13.0 Å². The first-order valence-electron chi connectivity index (χ1n) is 8.48. The van der Waals surface area contributed by atoms with Crippen LogP contribution in [0.25, 0.3) is 22.3 Å². The minimum absolute atomic E-state index is 0.0659. The number of aliphatic hydroxyl groups is 1. The van der Waals surface area contributed by atoms with Gasteiger partial charge in [0.25, 0.3) is 0 Å². The Morgan fingerprint density at radius 1 is 0.889 bits per heavy atom. The lowest BCUT2D eigenvalue weighted by atomic mass is 9.89. The number of esters is 1. The molecule has 0 bridgehead atoms. The molecule has 1 atom stereocenters. The van der Waals surface area contributed by atoms with E-state index in [1.165, 1.54) is 25.1 Å². The molecule has 0 saturated carbocycles. The summed E-state index contributed by atoms with van der Waals surface area (Å²) < 4.78 is 5.16. The van der Waals surface area contributed by atoms with Crippen LogP contribution < -0.4 is 4.74 Å². The lowest BCUT2D eigenvalue weighted by Crippen LogP contribution is -2.02. The lowest BCUT2D eigenvalue weighted by Gasteiger charge is -2.18. The quantitative estimate of drug-likeness (QED) is 0.471. The average Bonchev–Trinajstić information content (AvgIpc) is 2.59. The molecule has 0 amide bonds. The van der Waals surface area contributed by atoms with Gasteiger partial charge >= 0.3 is 5.97 Å². The van der Waals surface area contributed by atoms with Crippen LogP contribution in [0, 0.1) is 0 Å². The minimum Gasteiger partial charge on any atom is -0.508 e. The molecule has 5 nitrogen and oxygen atoms in total. The Labute approximate surface area is 157 Å². The van der Waals surface area contributed by atoms with E-state index < -0.39 is 12.1 Å². The first-order valence-corrected chi connectivity index (χ1v) is 8.48. The first kappa shape index (κ1) is 18.5. The number of phenolic OH excluding ortho intramolecular Hbond substituents is 2. The normalized spacial score (nSPS) is 11.8. The maximum Gasteiger partial charge on any atom is 0.308 e. The van der Waals surface area contributed by atoms with Crippen LogP contribution in [-0.2, 0) is 4.79 Å². The van der Waals surface area contributed by atoms with Gasteiger partial charge < -0.3 is 20.1 Å². The van der Waals surface area contributed by atoms with Crippen LogP contribution in [0.15, 0.2) is 60.7 Å². The van der Waals surface area contributed by atoms with E-state index in [-0.39, 0.29) is 11.5 Å². The van der Waals surface area contributed by atoms with Crippen molar-refractivity contribution < 1.29 is 24.9 Å². The zero-order valence-corrected chi connectivity index (χ0v) is 15.0. The van der Waals surface area contributed by atoms with Crippen LogP contribution in [0.1, 0.15) is 25.5 Å². The molecule has 0 radical (unpaired) electrons. The van der Waals surface area contributed by atoms with Crippen molar-refractivity contribution in [2.75, 3.05) is 0 Å². The second kappa shape index (κ2) is 7.51. The number of ether oxygens (including phenoxy) is 1. The molecule has 0 aromatic heterocycles. The maximum absolute atomic E-state index is 11.2. The van der Waals surface area contributed by atoms with E-state index in [0.717, 1.165) is 11.1 Å². The Hall–Kier alpha value is -3.31. The predicted octanol–water partition coefficient (Wildman–Crippen LogP) is 4.41. The molecule has 1 unspecified atom stereocenters. The molecule has 0 heterocycles. The van der Waals surface area contributed by atoms with E-state index >= 15 is 0 Å². The molecule has 0 spiro atoms. The SMILES string of the molecule is CC(=O)Oc1cccc(-c2cccc(-c3cc(O)cc(O)c3)c2C(C)O)c1. The van der Waals surface area contributed by atoms with Gasteiger partial charge in [0.05, 0.1) is 6.10 Å². The first-order chi connectivity index (χ1) is 12.8. The van der Waals surface area contributed by atoms with Crippen molar-refractivity contribution in [3.8, 4) is 39.5 Å². The van der Waals surface area contributed by atoms with Crippen LogP contribution in [0.4, 0.5) is 0 Å². The summed E-state index contributed by atoms with van der Waals surface area (Å²) in [6.45, 7) is 2.99. The Bertz CT molecular complexity index is 971. The van der Waals surface area contributed by atoms with E-state index in [1.54, 1.807) is 25.1 Å². The highest BCUT2D eigenvalue weighted by molar-refractivity contribution is 5.81. The summed E-state index contributed by atoms with van der Waals surface area (Å²) in [5.74, 6) is -0.128. The fraction of sp³-hybridized carbons (Fsp3) is 0.136. The van der Waals surface area contributed by atoms with Crippen molar-refractivity contribution in [3.05, 3.63) is 66.2 Å². The largest absolute Gasteiger partial charge is 0.508 e. The van der Waals surface area contributed by atoms with Crippen LogP contribution in [0.3, 0.4) is 0 Å². The molecule has 5 heteroatoms. The predicted molar refractivity (Wildman–Crippen MR) is 103 cm³/mol. The van der Waals surface area contributed by atoms with E-state index in [1.807, 2.05) is 24.3 Å². The summed E-state index contributed by atoms with van der Waals surface area (Å²) in [7, 11) is 0. The number of carbonyl (C=O) groups is 1. The third-order valence-electron chi connectivity index (χ3n) is 4.14. The zero-order chi connectivity index (χ0) is 19.6. The van der Waals surface area contributed by atoms with Crippen molar-refractivity contribution >= 4 is 5.97 Å². The van der Waals surface area contributed by atoms with Gasteiger partial charge in [0.1, 0.15) is 17.2 Å². The van der Waals surface area contributed by atoms with Crippen LogP contribution in [0.2, 0.25) is 0 Å². The Morgan fingerprint density at radius 2 is 1.48 bits per heavy atom. The third kappa shape index (κ3) is 4.10. The maximum atomic E-state index is 11.2. The second-order valence-corrected chi connectivity index (χ2v) is 6.30. The third-order valence-corrected chi connectivity index (χ3v) is 4.14. The zero-order valence-electron chi connectivity index (χ0n) is 15.0. The molecule has 3 rings (SSSR count). The van der Waals surface area contributed by atoms with E-state index in [0.29, 0.717) is 22.4 Å². The molecule has 138 valence electrons. The molecular weight excluding hydrogens is 344 g/mol. The van der Waals surface area contributed by atoms with Crippen molar-refractivity contribution in [1.82, 2.24) is 0 Å². The van der Waals surface area contributed by atoms with Gasteiger partial charge in [0.15, 0.2) is 0 Å². The Morgan fingerprint density at radius 3 is 2.07 bits per heavy atom. The topological polar surface area (TPSA) is 87.0 Å². The molecule has 3 aromatic carbocycles. The van der Waals surface area contributed by atoms with E-state index in [9.17, 15) is 20.1 Å². The fourth-order valence-electron chi connectivity index (χ4n) is 3.16. The number of hydrogen-bond acceptors (Lipinski definition) is 5. The van der Waals surface area contributed by atoms with E-state index in [4.69, 9.17) is 4.74 Å². The standard InChI is InChI=1S/C22H20O5/c1-13(23)22-20(15-5-3-6-19(11-15)27-14(2)24)7-4-8-21(22)16-9-17(25)12-18(26)10-16/h3-13,23,25-26H,1-2H3. The summed E-state index contributed by atoms with van der Waals surface area (Å²) in [6, 6.07) is 16.9. The number of carbonyl (C=O) groups excluding carboxylic acids is 1. The molecular formula is C22H20O5. The molecule has 0 aliphatic heterocycles. The van der Waals surface area contributed by atoms with Gasteiger partial charge in [-0.05, 0) is 59.0 Å². The summed E-state index contributed by atoms with van der Waals surface area (Å²) in [4.78, 5) is 11.2. The van der Waals surface area contributed by atoms with Crippen molar-refractivity contribution in [3.63, 3.8) is 0 Å². The second-order valence-electron chi connectivity index (χ2n) is 6.30. The van der Waals surface area contributed by atoms with Crippen LogP contribution in [0.5, 0.6) is 17.2 Å². The summed E-state index contributed by atoms with van der Waals surface area (Å²) in [6.07, 6.45) is -0.807. The average molecular weight is 364 g/mol. The fourth-order valence-corrected chi connectivity index (χ4v) is 3.16. The number of phenols is 2. The van der Waals surface area contributed by atoms with Crippen LogP contribution >= 0.6 is 0 Å². The van der Waals surface area contributed by atoms with Gasteiger partial charge in [-0.25, -0.2) is 0 Å². The number of hydrogen-bond donors (Lipinski definition) is 3. The van der Waals surface area contributed by atoms with Gasteiger partial charge in [-0.1, -0.05) is 30.3 Å². The Kier molecular flexibility index (Phi) is 5.14. The van der Waals surface area contributed by atoms with Gasteiger partial charge in [0.2, 0.25) is 0 Å². The molecule has 0 saturated heterocycles. The molecule has 0 aliphatic rings. The smallest absolute Gasteiger partial charge is 0.308 e. The van der Waals surface area contributed by atoms with Gasteiger partial charge in [-0.15, -0.1) is 0 Å². The van der Waals surface area contributed by atoms with Gasteiger partial charge in [-0.3, -0.25) is 4.79 Å². The number of aliphatic hydroxyl groups excluding tert-OH is 1. The van der Waals surface area contributed by atoms with Crippen molar-refractivity contribution in [1.29, 1.82) is 0 Å². The summed E-state index contributed by atoms with van der Waals surface area (Å²) in [5, 5.41) is 30.1. The molecule has 0 aliphatic carbocycles. The number of benzene rings is 3.